The van der Waals surface area contributed by atoms with Gasteiger partial charge in [0.2, 0.25) is 0 Å². The van der Waals surface area contributed by atoms with E-state index in [4.69, 9.17) is 23.2 Å². The Hall–Kier alpha value is -1.17. The number of aliphatic hydroxyl groups excluding tert-OH is 1. The van der Waals surface area contributed by atoms with Crippen LogP contribution < -0.4 is 0 Å². The number of hydrogen-bond acceptors (Lipinski definition) is 3. The van der Waals surface area contributed by atoms with E-state index >= 15 is 0 Å². The smallest absolute Gasteiger partial charge is 0.137 e. The van der Waals surface area contributed by atoms with Crippen LogP contribution in [0.15, 0.2) is 30.9 Å². The summed E-state index contributed by atoms with van der Waals surface area (Å²) in [4.78, 5) is 3.90. The molecule has 0 aliphatic rings. The average molecular weight is 346 g/mol. The lowest BCUT2D eigenvalue weighted by Crippen LogP contribution is -2.40. The number of alkyl halides is 1. The first kappa shape index (κ1) is 17.2. The van der Waals surface area contributed by atoms with Crippen LogP contribution in [-0.2, 0) is 6.42 Å². The van der Waals surface area contributed by atoms with Gasteiger partial charge in [-0.25, -0.2) is 9.67 Å². The minimum Gasteiger partial charge on any atom is -0.390 e. The summed E-state index contributed by atoms with van der Waals surface area (Å²) in [6, 6.07) is 4.69. The molecule has 2 atom stereocenters. The fraction of sp³-hybridized carbons (Fsp3) is 0.467. The van der Waals surface area contributed by atoms with Crippen LogP contribution in [-0.4, -0.2) is 32.6 Å². The summed E-state index contributed by atoms with van der Waals surface area (Å²) in [6.07, 6.45) is 2.33. The second kappa shape index (κ2) is 6.94. The van der Waals surface area contributed by atoms with Crippen molar-refractivity contribution in [3.05, 3.63) is 46.5 Å². The van der Waals surface area contributed by atoms with Gasteiger partial charge in [0.05, 0.1) is 18.8 Å². The van der Waals surface area contributed by atoms with Gasteiger partial charge in [-0.1, -0.05) is 43.1 Å². The third kappa shape index (κ3) is 3.77. The van der Waals surface area contributed by atoms with Crippen LogP contribution >= 0.6 is 23.2 Å². The first-order chi connectivity index (χ1) is 10.3. The fourth-order valence-electron chi connectivity index (χ4n) is 2.25. The first-order valence-electron chi connectivity index (χ1n) is 6.87. The van der Waals surface area contributed by atoms with Crippen molar-refractivity contribution in [2.45, 2.75) is 32.4 Å². The lowest BCUT2D eigenvalue weighted by atomic mass is 9.82. The maximum absolute atomic E-state index is 13.2. The van der Waals surface area contributed by atoms with Crippen LogP contribution in [0.5, 0.6) is 0 Å². The molecule has 0 saturated heterocycles. The molecular weight excluding hydrogens is 328 g/mol. The summed E-state index contributed by atoms with van der Waals surface area (Å²) >= 11 is 12.1. The van der Waals surface area contributed by atoms with E-state index in [2.05, 4.69) is 10.1 Å². The second-order valence-corrected chi connectivity index (χ2v) is 6.79. The van der Waals surface area contributed by atoms with Crippen molar-refractivity contribution in [3.63, 3.8) is 0 Å². The van der Waals surface area contributed by atoms with Crippen LogP contribution in [0.3, 0.4) is 0 Å². The number of aromatic nitrogens is 3. The molecule has 0 aliphatic carbocycles. The molecule has 22 heavy (non-hydrogen) atoms. The van der Waals surface area contributed by atoms with Crippen molar-refractivity contribution in [1.82, 2.24) is 14.8 Å². The van der Waals surface area contributed by atoms with E-state index in [-0.39, 0.29) is 0 Å². The highest BCUT2D eigenvalue weighted by Gasteiger charge is 2.36. The van der Waals surface area contributed by atoms with Crippen LogP contribution in [0.2, 0.25) is 10.0 Å². The summed E-state index contributed by atoms with van der Waals surface area (Å²) in [5.41, 5.74) is -0.101. The normalized spacial score (nSPS) is 14.8. The predicted octanol–water partition coefficient (Wildman–Crippen LogP) is 3.73. The van der Waals surface area contributed by atoms with Gasteiger partial charge in [0, 0.05) is 15.5 Å². The maximum atomic E-state index is 13.2. The monoisotopic (exact) mass is 345 g/mol. The van der Waals surface area contributed by atoms with Crippen molar-refractivity contribution >= 4 is 23.2 Å². The Morgan fingerprint density at radius 1 is 1.36 bits per heavy atom. The second-order valence-electron chi connectivity index (χ2n) is 5.95. The number of halogens is 3. The van der Waals surface area contributed by atoms with E-state index in [1.165, 1.54) is 17.3 Å². The van der Waals surface area contributed by atoms with Gasteiger partial charge >= 0.3 is 0 Å². The Balaban J connectivity index is 2.33. The Morgan fingerprint density at radius 2 is 2.09 bits per heavy atom. The Labute approximate surface area is 138 Å². The molecule has 1 heterocycles. The molecule has 1 N–H and O–H groups in total. The largest absolute Gasteiger partial charge is 0.390 e. The third-order valence-corrected chi connectivity index (χ3v) is 4.32. The number of nitrogens with zero attached hydrogens (tertiary/aromatic N) is 3. The van der Waals surface area contributed by atoms with E-state index in [9.17, 15) is 9.50 Å². The minimum atomic E-state index is -0.953. The lowest BCUT2D eigenvalue weighted by Gasteiger charge is -2.34. The van der Waals surface area contributed by atoms with Gasteiger partial charge in [-0.3, -0.25) is 4.39 Å². The van der Waals surface area contributed by atoms with Gasteiger partial charge in [0.25, 0.3) is 0 Å². The summed E-state index contributed by atoms with van der Waals surface area (Å²) < 4.78 is 14.8. The molecule has 2 unspecified atom stereocenters. The topological polar surface area (TPSA) is 50.9 Å². The Kier molecular flexibility index (Phi) is 5.42. The SMILES string of the molecule is CC(C)(CF)C(O)C(Cc1ccc(Cl)cc1Cl)n1cncn1. The van der Waals surface area contributed by atoms with Crippen LogP contribution in [0.25, 0.3) is 0 Å². The van der Waals surface area contributed by atoms with Crippen molar-refractivity contribution < 1.29 is 9.50 Å². The maximum Gasteiger partial charge on any atom is 0.137 e. The molecule has 0 bridgehead atoms. The zero-order chi connectivity index (χ0) is 16.3. The molecule has 2 rings (SSSR count). The molecule has 0 spiro atoms. The summed E-state index contributed by atoms with van der Waals surface area (Å²) in [7, 11) is 0. The van der Waals surface area contributed by atoms with E-state index < -0.39 is 24.2 Å². The highest BCUT2D eigenvalue weighted by Crippen LogP contribution is 2.33. The average Bonchev–Trinajstić information content (AvgIpc) is 3.00. The zero-order valence-electron chi connectivity index (χ0n) is 12.4. The van der Waals surface area contributed by atoms with Crippen molar-refractivity contribution in [3.8, 4) is 0 Å². The van der Waals surface area contributed by atoms with Gasteiger partial charge in [-0.05, 0) is 24.1 Å². The van der Waals surface area contributed by atoms with E-state index in [0.29, 0.717) is 16.5 Å². The fourth-order valence-corrected chi connectivity index (χ4v) is 2.74. The molecule has 2 aromatic rings. The third-order valence-electron chi connectivity index (χ3n) is 3.73. The highest BCUT2D eigenvalue weighted by atomic mass is 35.5. The van der Waals surface area contributed by atoms with E-state index in [0.717, 1.165) is 5.56 Å². The lowest BCUT2D eigenvalue weighted by molar-refractivity contribution is -0.0109. The Bertz CT molecular complexity index is 619. The van der Waals surface area contributed by atoms with Crippen molar-refractivity contribution in [1.29, 1.82) is 0 Å². The Morgan fingerprint density at radius 3 is 2.64 bits per heavy atom. The standard InChI is InChI=1S/C15H18Cl2FN3O/c1-15(2,7-18)14(22)13(21-9-19-8-20-21)5-10-3-4-11(16)6-12(10)17/h3-4,6,8-9,13-14,22H,5,7H2,1-2H3. The van der Waals surface area contributed by atoms with Gasteiger partial charge in [-0.15, -0.1) is 0 Å². The molecule has 120 valence electrons. The predicted molar refractivity (Wildman–Crippen MR) is 85.0 cm³/mol. The molecule has 0 saturated carbocycles. The molecule has 4 nitrogen and oxygen atoms in total. The summed E-state index contributed by atoms with van der Waals surface area (Å²) in [5, 5.41) is 15.7. The quantitative estimate of drug-likeness (QED) is 0.867. The molecular formula is C15H18Cl2FN3O. The summed E-state index contributed by atoms with van der Waals surface area (Å²) in [6.45, 7) is 2.70. The van der Waals surface area contributed by atoms with E-state index in [1.54, 1.807) is 32.0 Å². The van der Waals surface area contributed by atoms with Crippen molar-refractivity contribution in [2.24, 2.45) is 5.41 Å². The van der Waals surface area contributed by atoms with Crippen LogP contribution in [0.1, 0.15) is 25.5 Å². The van der Waals surface area contributed by atoms with Gasteiger partial charge in [0.1, 0.15) is 12.7 Å². The van der Waals surface area contributed by atoms with Gasteiger partial charge < -0.3 is 5.11 Å². The molecule has 1 aromatic heterocycles. The molecule has 7 heteroatoms. The highest BCUT2D eigenvalue weighted by molar-refractivity contribution is 6.35. The van der Waals surface area contributed by atoms with E-state index in [1.807, 2.05) is 0 Å². The van der Waals surface area contributed by atoms with Crippen molar-refractivity contribution in [2.75, 3.05) is 6.67 Å². The van der Waals surface area contributed by atoms with Gasteiger partial charge in [0.15, 0.2) is 0 Å². The zero-order valence-corrected chi connectivity index (χ0v) is 13.9. The van der Waals surface area contributed by atoms with Crippen LogP contribution in [0, 0.1) is 5.41 Å². The number of hydrogen-bond donors (Lipinski definition) is 1. The molecule has 0 radical (unpaired) electrons. The van der Waals surface area contributed by atoms with Crippen LogP contribution in [0.4, 0.5) is 4.39 Å². The number of benzene rings is 1. The molecule has 0 amide bonds. The first-order valence-corrected chi connectivity index (χ1v) is 7.63. The molecule has 0 fully saturated rings. The number of aliphatic hydroxyl groups is 1. The summed E-state index contributed by atoms with van der Waals surface area (Å²) in [5.74, 6) is 0. The number of rotatable bonds is 6. The minimum absolute atomic E-state index is 0.393. The molecule has 0 aliphatic heterocycles. The van der Waals surface area contributed by atoms with Gasteiger partial charge in [-0.2, -0.15) is 5.10 Å². The molecule has 1 aromatic carbocycles.